The summed E-state index contributed by atoms with van der Waals surface area (Å²) in [6.07, 6.45) is 6.86. The first-order valence-corrected chi connectivity index (χ1v) is 10.7. The second-order valence-corrected chi connectivity index (χ2v) is 8.50. The number of likely N-dealkylation sites (tertiary alicyclic amines) is 3. The molecule has 4 rings (SSSR count). The van der Waals surface area contributed by atoms with Crippen molar-refractivity contribution in [1.82, 2.24) is 14.7 Å². The zero-order chi connectivity index (χ0) is 18.6. The van der Waals surface area contributed by atoms with Gasteiger partial charge in [0.15, 0.2) is 0 Å². The van der Waals surface area contributed by atoms with Crippen molar-refractivity contribution in [3.05, 3.63) is 35.6 Å². The topological polar surface area (TPSA) is 26.8 Å². The molecule has 1 atom stereocenters. The fourth-order valence-corrected chi connectivity index (χ4v) is 5.07. The number of carbonyl (C=O) groups is 1. The Labute approximate surface area is 162 Å². The Hall–Kier alpha value is -1.46. The minimum atomic E-state index is -0.149. The summed E-state index contributed by atoms with van der Waals surface area (Å²) in [4.78, 5) is 19.9. The van der Waals surface area contributed by atoms with Crippen molar-refractivity contribution < 1.29 is 9.18 Å². The molecule has 148 valence electrons. The van der Waals surface area contributed by atoms with Gasteiger partial charge in [-0.3, -0.25) is 14.6 Å². The third-order valence-electron chi connectivity index (χ3n) is 6.59. The standard InChI is InChI=1S/C22H32FN3O/c23-20-7-3-5-18(15-20)16-24-13-8-21(9-14-24)26-12-4-6-19(17-26)22(27)25-10-1-2-11-25/h3,5,7,15,19,21H,1-2,4,6,8-14,16-17H2/t19-/m0/s1. The highest BCUT2D eigenvalue weighted by atomic mass is 19.1. The van der Waals surface area contributed by atoms with Gasteiger partial charge in [0, 0.05) is 32.2 Å². The van der Waals surface area contributed by atoms with Crippen LogP contribution in [0.15, 0.2) is 24.3 Å². The van der Waals surface area contributed by atoms with Gasteiger partial charge in [-0.2, -0.15) is 0 Å². The Balaban J connectivity index is 1.27. The highest BCUT2D eigenvalue weighted by molar-refractivity contribution is 5.79. The molecule has 0 aliphatic carbocycles. The van der Waals surface area contributed by atoms with E-state index in [-0.39, 0.29) is 11.7 Å². The van der Waals surface area contributed by atoms with E-state index in [0.717, 1.165) is 77.1 Å². The molecular formula is C22H32FN3O. The molecule has 3 aliphatic rings. The van der Waals surface area contributed by atoms with Gasteiger partial charge in [0.25, 0.3) is 0 Å². The van der Waals surface area contributed by atoms with Crippen LogP contribution in [0.1, 0.15) is 44.1 Å². The number of benzene rings is 1. The maximum atomic E-state index is 13.4. The van der Waals surface area contributed by atoms with Gasteiger partial charge >= 0.3 is 0 Å². The minimum Gasteiger partial charge on any atom is -0.342 e. The first-order valence-electron chi connectivity index (χ1n) is 10.7. The second kappa shape index (κ2) is 8.70. The van der Waals surface area contributed by atoms with Crippen LogP contribution in [0, 0.1) is 11.7 Å². The monoisotopic (exact) mass is 373 g/mol. The van der Waals surface area contributed by atoms with Crippen LogP contribution in [0.3, 0.4) is 0 Å². The molecule has 3 saturated heterocycles. The molecule has 0 bridgehead atoms. The molecule has 4 nitrogen and oxygen atoms in total. The summed E-state index contributed by atoms with van der Waals surface area (Å²) in [5, 5.41) is 0. The first kappa shape index (κ1) is 18.9. The lowest BCUT2D eigenvalue weighted by atomic mass is 9.93. The SMILES string of the molecule is O=C([C@H]1CCCN(C2CCN(Cc3cccc(F)c3)CC2)C1)N1CCCC1. The third-order valence-corrected chi connectivity index (χ3v) is 6.59. The Bertz CT molecular complexity index is 638. The molecule has 5 heteroatoms. The summed E-state index contributed by atoms with van der Waals surface area (Å²) in [5.41, 5.74) is 1.06. The molecule has 0 spiro atoms. The van der Waals surface area contributed by atoms with Gasteiger partial charge in [-0.05, 0) is 75.9 Å². The summed E-state index contributed by atoms with van der Waals surface area (Å²) in [7, 11) is 0. The molecule has 1 aromatic rings. The summed E-state index contributed by atoms with van der Waals surface area (Å²) >= 11 is 0. The van der Waals surface area contributed by atoms with Crippen molar-refractivity contribution in [3.8, 4) is 0 Å². The van der Waals surface area contributed by atoms with Gasteiger partial charge in [0.05, 0.1) is 5.92 Å². The molecule has 0 radical (unpaired) electrons. The predicted molar refractivity (Wildman–Crippen MR) is 105 cm³/mol. The molecule has 0 aromatic heterocycles. The second-order valence-electron chi connectivity index (χ2n) is 8.50. The van der Waals surface area contributed by atoms with Gasteiger partial charge in [-0.15, -0.1) is 0 Å². The van der Waals surface area contributed by atoms with E-state index in [1.807, 2.05) is 6.07 Å². The van der Waals surface area contributed by atoms with Crippen LogP contribution in [-0.4, -0.2) is 65.9 Å². The van der Waals surface area contributed by atoms with Gasteiger partial charge < -0.3 is 4.90 Å². The largest absolute Gasteiger partial charge is 0.342 e. The number of amides is 1. The quantitative estimate of drug-likeness (QED) is 0.811. The lowest BCUT2D eigenvalue weighted by Gasteiger charge is -2.42. The fraction of sp³-hybridized carbons (Fsp3) is 0.682. The highest BCUT2D eigenvalue weighted by Gasteiger charge is 2.34. The highest BCUT2D eigenvalue weighted by Crippen LogP contribution is 2.26. The van der Waals surface area contributed by atoms with Crippen molar-refractivity contribution in [2.75, 3.05) is 39.3 Å². The smallest absolute Gasteiger partial charge is 0.226 e. The molecule has 3 fully saturated rings. The van der Waals surface area contributed by atoms with Crippen LogP contribution in [0.2, 0.25) is 0 Å². The van der Waals surface area contributed by atoms with Gasteiger partial charge in [0.1, 0.15) is 5.82 Å². The lowest BCUT2D eigenvalue weighted by Crippen LogP contribution is -2.51. The Morgan fingerprint density at radius 2 is 1.78 bits per heavy atom. The van der Waals surface area contributed by atoms with Crippen LogP contribution in [-0.2, 0) is 11.3 Å². The van der Waals surface area contributed by atoms with E-state index in [4.69, 9.17) is 0 Å². The number of nitrogens with zero attached hydrogens (tertiary/aromatic N) is 3. The average Bonchev–Trinajstić information content (AvgIpc) is 3.23. The molecule has 0 saturated carbocycles. The van der Waals surface area contributed by atoms with E-state index in [9.17, 15) is 9.18 Å². The molecule has 27 heavy (non-hydrogen) atoms. The summed E-state index contributed by atoms with van der Waals surface area (Å²) < 4.78 is 13.4. The summed E-state index contributed by atoms with van der Waals surface area (Å²) in [5.74, 6) is 0.465. The number of halogens is 1. The van der Waals surface area contributed by atoms with Gasteiger partial charge in [-0.1, -0.05) is 12.1 Å². The number of carbonyl (C=O) groups excluding carboxylic acids is 1. The molecule has 0 unspecified atom stereocenters. The Morgan fingerprint density at radius 1 is 1.00 bits per heavy atom. The van der Waals surface area contributed by atoms with Crippen molar-refractivity contribution in [2.45, 2.75) is 51.1 Å². The zero-order valence-electron chi connectivity index (χ0n) is 16.3. The maximum absolute atomic E-state index is 13.4. The number of hydrogen-bond acceptors (Lipinski definition) is 3. The van der Waals surface area contributed by atoms with Crippen molar-refractivity contribution >= 4 is 5.91 Å². The van der Waals surface area contributed by atoms with Crippen LogP contribution in [0.4, 0.5) is 4.39 Å². The fourth-order valence-electron chi connectivity index (χ4n) is 5.07. The first-order chi connectivity index (χ1) is 13.2. The third kappa shape index (κ3) is 4.69. The average molecular weight is 374 g/mol. The van der Waals surface area contributed by atoms with Crippen molar-refractivity contribution in [1.29, 1.82) is 0 Å². The Kier molecular flexibility index (Phi) is 6.08. The van der Waals surface area contributed by atoms with Gasteiger partial charge in [0.2, 0.25) is 5.91 Å². The van der Waals surface area contributed by atoms with Crippen LogP contribution >= 0.6 is 0 Å². The summed E-state index contributed by atoms with van der Waals surface area (Å²) in [6, 6.07) is 7.55. The van der Waals surface area contributed by atoms with E-state index in [1.54, 1.807) is 12.1 Å². The molecule has 1 amide bonds. The van der Waals surface area contributed by atoms with Crippen LogP contribution in [0.5, 0.6) is 0 Å². The van der Waals surface area contributed by atoms with E-state index >= 15 is 0 Å². The molecular weight excluding hydrogens is 341 g/mol. The zero-order valence-corrected chi connectivity index (χ0v) is 16.3. The molecule has 0 N–H and O–H groups in total. The van der Waals surface area contributed by atoms with Crippen molar-refractivity contribution in [3.63, 3.8) is 0 Å². The number of hydrogen-bond donors (Lipinski definition) is 0. The normalized spacial score (nSPS) is 25.8. The number of rotatable bonds is 4. The molecule has 1 aromatic carbocycles. The van der Waals surface area contributed by atoms with Crippen LogP contribution in [0.25, 0.3) is 0 Å². The van der Waals surface area contributed by atoms with Crippen molar-refractivity contribution in [2.24, 2.45) is 5.92 Å². The summed E-state index contributed by atoms with van der Waals surface area (Å²) in [6.45, 7) is 6.97. The minimum absolute atomic E-state index is 0.149. The van der Waals surface area contributed by atoms with E-state index in [2.05, 4.69) is 14.7 Å². The van der Waals surface area contributed by atoms with E-state index in [1.165, 1.54) is 18.9 Å². The Morgan fingerprint density at radius 3 is 2.52 bits per heavy atom. The van der Waals surface area contributed by atoms with E-state index < -0.39 is 0 Å². The number of piperidine rings is 2. The molecule has 3 aliphatic heterocycles. The molecule has 3 heterocycles. The van der Waals surface area contributed by atoms with E-state index in [0.29, 0.717) is 11.9 Å². The van der Waals surface area contributed by atoms with Crippen LogP contribution < -0.4 is 0 Å². The predicted octanol–water partition coefficient (Wildman–Crippen LogP) is 3.12. The van der Waals surface area contributed by atoms with Gasteiger partial charge in [-0.25, -0.2) is 4.39 Å². The maximum Gasteiger partial charge on any atom is 0.226 e. The lowest BCUT2D eigenvalue weighted by molar-refractivity contribution is -0.136.